The fourth-order valence-electron chi connectivity index (χ4n) is 2.99. The van der Waals surface area contributed by atoms with Crippen molar-refractivity contribution in [1.82, 2.24) is 4.57 Å². The molecule has 128 valence electrons. The van der Waals surface area contributed by atoms with E-state index in [4.69, 9.17) is 11.6 Å². The molecule has 0 aliphatic rings. The smallest absolute Gasteiger partial charge is 0.346 e. The highest BCUT2D eigenvalue weighted by Crippen LogP contribution is 2.39. The van der Waals surface area contributed by atoms with E-state index in [9.17, 15) is 14.7 Å². The van der Waals surface area contributed by atoms with Crippen LogP contribution in [0.2, 0.25) is 5.02 Å². The second-order valence-corrected chi connectivity index (χ2v) is 7.06. The van der Waals surface area contributed by atoms with Crippen LogP contribution in [0.3, 0.4) is 0 Å². The third-order valence-corrected chi connectivity index (χ3v) is 5.59. The van der Waals surface area contributed by atoms with Crippen LogP contribution in [0, 0.1) is 0 Å². The number of fused-ring (bicyclic) bond motifs is 1. The SMILES string of the molecule is O=C(O)c1sc2c(ccc(=O)n2-c2ccccc2Cl)c1-c1ccccc1. The first-order valence-electron chi connectivity index (χ1n) is 7.80. The maximum Gasteiger partial charge on any atom is 0.346 e. The number of benzene rings is 2. The molecule has 2 heterocycles. The summed E-state index contributed by atoms with van der Waals surface area (Å²) in [5, 5.41) is 10.8. The van der Waals surface area contributed by atoms with Gasteiger partial charge in [-0.25, -0.2) is 4.79 Å². The quantitative estimate of drug-likeness (QED) is 0.539. The van der Waals surface area contributed by atoms with Crippen molar-refractivity contribution >= 4 is 39.1 Å². The van der Waals surface area contributed by atoms with Gasteiger partial charge in [-0.1, -0.05) is 54.1 Å². The van der Waals surface area contributed by atoms with Gasteiger partial charge in [-0.3, -0.25) is 9.36 Å². The van der Waals surface area contributed by atoms with E-state index < -0.39 is 5.97 Å². The molecular formula is C20H12ClNO3S. The molecule has 26 heavy (non-hydrogen) atoms. The summed E-state index contributed by atoms with van der Waals surface area (Å²) >= 11 is 7.36. The van der Waals surface area contributed by atoms with Crippen molar-refractivity contribution in [2.75, 3.05) is 0 Å². The third kappa shape index (κ3) is 2.62. The number of hydrogen-bond donors (Lipinski definition) is 1. The molecule has 0 spiro atoms. The number of hydrogen-bond acceptors (Lipinski definition) is 3. The molecule has 1 N–H and O–H groups in total. The van der Waals surface area contributed by atoms with Crippen LogP contribution in [0.15, 0.2) is 71.5 Å². The number of carboxylic acids is 1. The van der Waals surface area contributed by atoms with Crippen molar-refractivity contribution in [2.24, 2.45) is 0 Å². The van der Waals surface area contributed by atoms with Crippen LogP contribution in [0.25, 0.3) is 27.0 Å². The van der Waals surface area contributed by atoms with E-state index in [0.29, 0.717) is 26.5 Å². The number of rotatable bonds is 3. The first-order chi connectivity index (χ1) is 12.6. The Bertz CT molecular complexity index is 1190. The Morgan fingerprint density at radius 2 is 1.65 bits per heavy atom. The van der Waals surface area contributed by atoms with Crippen LogP contribution < -0.4 is 5.56 Å². The minimum Gasteiger partial charge on any atom is -0.477 e. The molecule has 0 saturated heterocycles. The van der Waals surface area contributed by atoms with Crippen molar-refractivity contribution in [3.05, 3.63) is 87.0 Å². The monoisotopic (exact) mass is 381 g/mol. The lowest BCUT2D eigenvalue weighted by Gasteiger charge is -2.09. The molecule has 2 aromatic heterocycles. The van der Waals surface area contributed by atoms with Gasteiger partial charge in [0.1, 0.15) is 9.71 Å². The van der Waals surface area contributed by atoms with Gasteiger partial charge >= 0.3 is 5.97 Å². The molecule has 0 saturated carbocycles. The van der Waals surface area contributed by atoms with Crippen LogP contribution in [-0.4, -0.2) is 15.6 Å². The average molecular weight is 382 g/mol. The highest BCUT2D eigenvalue weighted by molar-refractivity contribution is 7.21. The predicted molar refractivity (Wildman–Crippen MR) is 105 cm³/mol. The summed E-state index contributed by atoms with van der Waals surface area (Å²) in [6.07, 6.45) is 0. The van der Waals surface area contributed by atoms with E-state index in [1.165, 1.54) is 10.6 Å². The van der Waals surface area contributed by atoms with Crippen molar-refractivity contribution in [3.63, 3.8) is 0 Å². The van der Waals surface area contributed by atoms with Crippen molar-refractivity contribution in [1.29, 1.82) is 0 Å². The first kappa shape index (κ1) is 16.6. The van der Waals surface area contributed by atoms with Gasteiger partial charge in [0, 0.05) is 17.0 Å². The van der Waals surface area contributed by atoms with Crippen molar-refractivity contribution < 1.29 is 9.90 Å². The number of aromatic carboxylic acids is 1. The minimum atomic E-state index is -1.02. The number of carboxylic acid groups (broad SMARTS) is 1. The summed E-state index contributed by atoms with van der Waals surface area (Å²) < 4.78 is 1.47. The molecule has 4 rings (SSSR count). The van der Waals surface area contributed by atoms with Gasteiger partial charge < -0.3 is 5.11 Å². The van der Waals surface area contributed by atoms with Crippen molar-refractivity contribution in [2.45, 2.75) is 0 Å². The lowest BCUT2D eigenvalue weighted by molar-refractivity contribution is 0.0703. The number of halogens is 1. The molecule has 2 aromatic carbocycles. The van der Waals surface area contributed by atoms with E-state index in [1.807, 2.05) is 30.3 Å². The van der Waals surface area contributed by atoms with Crippen LogP contribution in [0.4, 0.5) is 0 Å². The Hall–Kier alpha value is -2.89. The fourth-order valence-corrected chi connectivity index (χ4v) is 4.38. The molecule has 0 aliphatic carbocycles. The summed E-state index contributed by atoms with van der Waals surface area (Å²) in [7, 11) is 0. The molecule has 4 nitrogen and oxygen atoms in total. The molecule has 0 amide bonds. The molecule has 0 bridgehead atoms. The summed E-state index contributed by atoms with van der Waals surface area (Å²) in [5.41, 5.74) is 1.67. The van der Waals surface area contributed by atoms with E-state index in [-0.39, 0.29) is 10.4 Å². The van der Waals surface area contributed by atoms with E-state index in [0.717, 1.165) is 16.9 Å². The Morgan fingerprint density at radius 1 is 0.962 bits per heavy atom. The summed E-state index contributed by atoms with van der Waals surface area (Å²) in [5.74, 6) is -1.02. The number of para-hydroxylation sites is 1. The standard InChI is InChI=1S/C20H12ClNO3S/c21-14-8-4-5-9-15(14)22-16(23)11-10-13-17(12-6-2-1-3-7-12)18(20(24)25)26-19(13)22/h1-11H,(H,24,25). The van der Waals surface area contributed by atoms with Crippen LogP contribution in [0.5, 0.6) is 0 Å². The van der Waals surface area contributed by atoms with Gasteiger partial charge in [0.05, 0.1) is 10.7 Å². The van der Waals surface area contributed by atoms with Gasteiger partial charge in [0.2, 0.25) is 0 Å². The van der Waals surface area contributed by atoms with Crippen molar-refractivity contribution in [3.8, 4) is 16.8 Å². The minimum absolute atomic E-state index is 0.192. The summed E-state index contributed by atoms with van der Waals surface area (Å²) in [6, 6.07) is 19.4. The van der Waals surface area contributed by atoms with Gasteiger partial charge in [0.15, 0.2) is 0 Å². The zero-order valence-corrected chi connectivity index (χ0v) is 14.9. The molecule has 0 atom stereocenters. The fraction of sp³-hybridized carbons (Fsp3) is 0. The summed E-state index contributed by atoms with van der Waals surface area (Å²) in [6.45, 7) is 0. The Morgan fingerprint density at radius 3 is 2.35 bits per heavy atom. The van der Waals surface area contributed by atoms with Gasteiger partial charge in [-0.05, 0) is 23.8 Å². The highest BCUT2D eigenvalue weighted by Gasteiger charge is 2.22. The molecule has 6 heteroatoms. The molecule has 0 radical (unpaired) electrons. The lowest BCUT2D eigenvalue weighted by Crippen LogP contribution is -2.16. The van der Waals surface area contributed by atoms with Crippen LogP contribution >= 0.6 is 22.9 Å². The lowest BCUT2D eigenvalue weighted by atomic mass is 10.0. The Balaban J connectivity index is 2.14. The molecule has 0 aliphatic heterocycles. The maximum absolute atomic E-state index is 12.6. The van der Waals surface area contributed by atoms with E-state index >= 15 is 0 Å². The van der Waals surface area contributed by atoms with Gasteiger partial charge in [-0.2, -0.15) is 0 Å². The molecular weight excluding hydrogens is 370 g/mol. The number of carbonyl (C=O) groups is 1. The number of pyridine rings is 1. The largest absolute Gasteiger partial charge is 0.477 e. The van der Waals surface area contributed by atoms with E-state index in [2.05, 4.69) is 0 Å². The zero-order chi connectivity index (χ0) is 18.3. The molecule has 0 unspecified atom stereocenters. The zero-order valence-electron chi connectivity index (χ0n) is 13.3. The van der Waals surface area contributed by atoms with Gasteiger partial charge in [-0.15, -0.1) is 11.3 Å². The second-order valence-electron chi connectivity index (χ2n) is 5.65. The molecule has 0 fully saturated rings. The number of nitrogens with zero attached hydrogens (tertiary/aromatic N) is 1. The van der Waals surface area contributed by atoms with Crippen LogP contribution in [-0.2, 0) is 0 Å². The third-order valence-electron chi connectivity index (χ3n) is 4.09. The second kappa shape index (κ2) is 6.44. The normalized spacial score (nSPS) is 11.0. The predicted octanol–water partition coefficient (Wildman–Crippen LogP) is 5.07. The molecule has 4 aromatic rings. The highest BCUT2D eigenvalue weighted by atomic mass is 35.5. The Labute approximate surface area is 157 Å². The van der Waals surface area contributed by atoms with Crippen LogP contribution in [0.1, 0.15) is 9.67 Å². The maximum atomic E-state index is 12.6. The topological polar surface area (TPSA) is 59.3 Å². The van der Waals surface area contributed by atoms with Gasteiger partial charge in [0.25, 0.3) is 5.56 Å². The average Bonchev–Trinajstić information content (AvgIpc) is 3.03. The van der Waals surface area contributed by atoms with E-state index in [1.54, 1.807) is 30.3 Å². The number of thiophene rings is 1. The summed E-state index contributed by atoms with van der Waals surface area (Å²) in [4.78, 5) is 25.2. The first-order valence-corrected chi connectivity index (χ1v) is 8.99. The number of aromatic nitrogens is 1. The Kier molecular flexibility index (Phi) is 4.11.